The molecule has 6 heteroatoms. The van der Waals surface area contributed by atoms with Crippen molar-refractivity contribution in [2.24, 2.45) is 17.3 Å². The van der Waals surface area contributed by atoms with Crippen molar-refractivity contribution in [3.8, 4) is 0 Å². The fraction of sp³-hybridized carbons (Fsp3) is 0.529. The predicted molar refractivity (Wildman–Crippen MR) is 95.0 cm³/mol. The summed E-state index contributed by atoms with van der Waals surface area (Å²) in [6, 6.07) is 3.41. The van der Waals surface area contributed by atoms with Crippen LogP contribution in [0.5, 0.6) is 0 Å². The number of imidazole rings is 1. The van der Waals surface area contributed by atoms with Crippen LogP contribution in [0.25, 0.3) is 11.0 Å². The number of benzene rings is 1. The first-order valence-corrected chi connectivity index (χ1v) is 8.65. The molecule has 2 N–H and O–H groups in total. The molecule has 2 atom stereocenters. The molecule has 1 amide bonds. The van der Waals surface area contributed by atoms with Crippen molar-refractivity contribution < 1.29 is 4.79 Å². The Bertz CT molecular complexity index is 715. The molecule has 4 nitrogen and oxygen atoms in total. The van der Waals surface area contributed by atoms with E-state index in [9.17, 15) is 4.79 Å². The number of aromatic nitrogens is 2. The summed E-state index contributed by atoms with van der Waals surface area (Å²) in [5.74, 6) is 1.05. The standard InChI is InChI=1S/C17H21Cl2N3O/c1-9-4-10(8-17(2,3)7-9)15(23)22-16-20-13-5-11(18)12(19)6-14(13)21-16/h5-6,9-10H,4,7-8H2,1-3H3,(H2,20,21,22,23). The third-order valence-corrected chi connectivity index (χ3v) is 5.25. The average molecular weight is 354 g/mol. The van der Waals surface area contributed by atoms with Crippen molar-refractivity contribution in [2.75, 3.05) is 5.32 Å². The van der Waals surface area contributed by atoms with E-state index in [1.54, 1.807) is 12.1 Å². The van der Waals surface area contributed by atoms with Crippen LogP contribution < -0.4 is 5.32 Å². The summed E-state index contributed by atoms with van der Waals surface area (Å²) < 4.78 is 0. The number of halogens is 2. The Labute approximate surface area is 146 Å². The Morgan fingerprint density at radius 1 is 1.30 bits per heavy atom. The van der Waals surface area contributed by atoms with Crippen molar-refractivity contribution in [1.29, 1.82) is 0 Å². The van der Waals surface area contributed by atoms with Gasteiger partial charge in [-0.05, 0) is 42.7 Å². The van der Waals surface area contributed by atoms with Crippen LogP contribution in [-0.4, -0.2) is 15.9 Å². The zero-order chi connectivity index (χ0) is 16.8. The number of hydrogen-bond donors (Lipinski definition) is 2. The van der Waals surface area contributed by atoms with E-state index in [1.165, 1.54) is 6.42 Å². The third-order valence-electron chi connectivity index (χ3n) is 4.52. The first kappa shape index (κ1) is 16.6. The van der Waals surface area contributed by atoms with E-state index < -0.39 is 0 Å². The first-order valence-electron chi connectivity index (χ1n) is 7.89. The average Bonchev–Trinajstić information content (AvgIpc) is 2.78. The van der Waals surface area contributed by atoms with Gasteiger partial charge in [0.05, 0.1) is 21.1 Å². The number of aromatic amines is 1. The van der Waals surface area contributed by atoms with Gasteiger partial charge in [-0.15, -0.1) is 0 Å². The van der Waals surface area contributed by atoms with Gasteiger partial charge in [-0.2, -0.15) is 0 Å². The smallest absolute Gasteiger partial charge is 0.229 e. The SMILES string of the molecule is CC1CC(C(=O)Nc2nc3cc(Cl)c(Cl)cc3[nH]2)CC(C)(C)C1. The molecule has 124 valence electrons. The lowest BCUT2D eigenvalue weighted by molar-refractivity contribution is -0.122. The van der Waals surface area contributed by atoms with Gasteiger partial charge in [-0.25, -0.2) is 4.98 Å². The molecular formula is C17H21Cl2N3O. The maximum atomic E-state index is 12.6. The highest BCUT2D eigenvalue weighted by Crippen LogP contribution is 2.42. The van der Waals surface area contributed by atoms with Crippen LogP contribution in [0.2, 0.25) is 10.0 Å². The third kappa shape index (κ3) is 3.64. The molecule has 2 aromatic rings. The Morgan fingerprint density at radius 3 is 2.70 bits per heavy atom. The van der Waals surface area contributed by atoms with Crippen LogP contribution >= 0.6 is 23.2 Å². The van der Waals surface area contributed by atoms with Crippen LogP contribution in [-0.2, 0) is 4.79 Å². The summed E-state index contributed by atoms with van der Waals surface area (Å²) in [6.45, 7) is 6.68. The molecule has 0 saturated heterocycles. The number of nitrogens with one attached hydrogen (secondary N) is 2. The second-order valence-electron chi connectivity index (χ2n) is 7.47. The molecule has 23 heavy (non-hydrogen) atoms. The zero-order valence-corrected chi connectivity index (χ0v) is 15.1. The van der Waals surface area contributed by atoms with Crippen molar-refractivity contribution >= 4 is 46.1 Å². The summed E-state index contributed by atoms with van der Waals surface area (Å²) in [7, 11) is 0. The zero-order valence-electron chi connectivity index (χ0n) is 13.5. The molecule has 2 unspecified atom stereocenters. The Kier molecular flexibility index (Phi) is 4.32. The van der Waals surface area contributed by atoms with E-state index in [2.05, 4.69) is 36.1 Å². The lowest BCUT2D eigenvalue weighted by Crippen LogP contribution is -2.35. The lowest BCUT2D eigenvalue weighted by atomic mass is 9.68. The van der Waals surface area contributed by atoms with Crippen molar-refractivity contribution in [3.05, 3.63) is 22.2 Å². The molecule has 3 rings (SSSR count). The molecule has 0 spiro atoms. The topological polar surface area (TPSA) is 57.8 Å². The van der Waals surface area contributed by atoms with Crippen molar-refractivity contribution in [2.45, 2.75) is 40.0 Å². The minimum atomic E-state index is 0.0224. The number of hydrogen-bond acceptors (Lipinski definition) is 2. The Balaban J connectivity index is 1.77. The molecule has 1 heterocycles. The number of nitrogens with zero attached hydrogens (tertiary/aromatic N) is 1. The molecule has 1 saturated carbocycles. The fourth-order valence-corrected chi connectivity index (χ4v) is 4.15. The van der Waals surface area contributed by atoms with E-state index in [-0.39, 0.29) is 17.2 Å². The highest BCUT2D eigenvalue weighted by atomic mass is 35.5. The summed E-state index contributed by atoms with van der Waals surface area (Å²) in [6.07, 6.45) is 2.99. The molecular weight excluding hydrogens is 333 g/mol. The van der Waals surface area contributed by atoms with Crippen LogP contribution in [0, 0.1) is 17.3 Å². The largest absolute Gasteiger partial charge is 0.324 e. The Hall–Kier alpha value is -1.26. The van der Waals surface area contributed by atoms with Gasteiger partial charge in [0.2, 0.25) is 11.9 Å². The van der Waals surface area contributed by atoms with Gasteiger partial charge in [0.15, 0.2) is 0 Å². The summed E-state index contributed by atoms with van der Waals surface area (Å²) in [5, 5.41) is 3.82. The molecule has 1 aromatic heterocycles. The van der Waals surface area contributed by atoms with Crippen LogP contribution in [0.3, 0.4) is 0 Å². The molecule has 1 aromatic carbocycles. The van der Waals surface area contributed by atoms with Crippen molar-refractivity contribution in [1.82, 2.24) is 9.97 Å². The molecule has 0 bridgehead atoms. The first-order chi connectivity index (χ1) is 10.7. The molecule has 0 radical (unpaired) electrons. The van der Waals surface area contributed by atoms with Crippen LogP contribution in [0.1, 0.15) is 40.0 Å². The summed E-state index contributed by atoms with van der Waals surface area (Å²) in [4.78, 5) is 20.0. The lowest BCUT2D eigenvalue weighted by Gasteiger charge is -2.38. The maximum absolute atomic E-state index is 12.6. The van der Waals surface area contributed by atoms with Crippen LogP contribution in [0.15, 0.2) is 12.1 Å². The molecule has 1 fully saturated rings. The fourth-order valence-electron chi connectivity index (χ4n) is 3.83. The van der Waals surface area contributed by atoms with Gasteiger partial charge in [0.25, 0.3) is 0 Å². The minimum Gasteiger partial charge on any atom is -0.324 e. The van der Waals surface area contributed by atoms with Gasteiger partial charge < -0.3 is 4.98 Å². The number of rotatable bonds is 2. The van der Waals surface area contributed by atoms with E-state index in [0.29, 0.717) is 27.4 Å². The number of anilines is 1. The van der Waals surface area contributed by atoms with Gasteiger partial charge in [0.1, 0.15) is 0 Å². The number of fused-ring (bicyclic) bond motifs is 1. The minimum absolute atomic E-state index is 0.0224. The van der Waals surface area contributed by atoms with E-state index >= 15 is 0 Å². The number of carbonyl (C=O) groups excluding carboxylic acids is 1. The highest BCUT2D eigenvalue weighted by Gasteiger charge is 2.35. The summed E-state index contributed by atoms with van der Waals surface area (Å²) >= 11 is 12.0. The molecule has 1 aliphatic rings. The van der Waals surface area contributed by atoms with Gasteiger partial charge in [0, 0.05) is 5.92 Å². The maximum Gasteiger partial charge on any atom is 0.229 e. The Morgan fingerprint density at radius 2 is 2.00 bits per heavy atom. The van der Waals surface area contributed by atoms with E-state index in [4.69, 9.17) is 23.2 Å². The monoisotopic (exact) mass is 353 g/mol. The molecule has 0 aliphatic heterocycles. The number of amides is 1. The van der Waals surface area contributed by atoms with E-state index in [0.717, 1.165) is 18.4 Å². The second kappa shape index (κ2) is 5.99. The summed E-state index contributed by atoms with van der Waals surface area (Å²) in [5.41, 5.74) is 1.65. The van der Waals surface area contributed by atoms with Gasteiger partial charge in [-0.1, -0.05) is 44.0 Å². The highest BCUT2D eigenvalue weighted by molar-refractivity contribution is 6.42. The van der Waals surface area contributed by atoms with E-state index in [1.807, 2.05) is 0 Å². The number of carbonyl (C=O) groups is 1. The van der Waals surface area contributed by atoms with Gasteiger partial charge >= 0.3 is 0 Å². The van der Waals surface area contributed by atoms with Gasteiger partial charge in [-0.3, -0.25) is 10.1 Å². The predicted octanol–water partition coefficient (Wildman–Crippen LogP) is 5.27. The number of H-pyrrole nitrogens is 1. The van der Waals surface area contributed by atoms with Crippen LogP contribution in [0.4, 0.5) is 5.95 Å². The quantitative estimate of drug-likeness (QED) is 0.772. The normalized spacial score (nSPS) is 23.9. The molecule has 1 aliphatic carbocycles. The van der Waals surface area contributed by atoms with Crippen molar-refractivity contribution in [3.63, 3.8) is 0 Å². The second-order valence-corrected chi connectivity index (χ2v) is 8.28.